The van der Waals surface area contributed by atoms with Gasteiger partial charge in [-0.2, -0.15) is 0 Å². The predicted molar refractivity (Wildman–Crippen MR) is 68.8 cm³/mol. The number of carboxylic acids is 1. The monoisotopic (exact) mass is 273 g/mol. The highest BCUT2D eigenvalue weighted by Crippen LogP contribution is 2.17. The molecule has 1 saturated heterocycles. The minimum absolute atomic E-state index is 0.137. The number of carbonyl (C=O) groups is 2. The molecule has 0 aromatic carbocycles. The van der Waals surface area contributed by atoms with Crippen LogP contribution in [0.4, 0.5) is 0 Å². The molecule has 0 aromatic rings. The Balaban J connectivity index is 2.36. The minimum atomic E-state index is -0.831. The first-order valence-electron chi connectivity index (χ1n) is 6.77. The van der Waals surface area contributed by atoms with Gasteiger partial charge in [0, 0.05) is 19.7 Å². The van der Waals surface area contributed by atoms with Crippen LogP contribution in [-0.2, 0) is 19.1 Å². The average molecular weight is 273 g/mol. The quantitative estimate of drug-likeness (QED) is 0.693. The van der Waals surface area contributed by atoms with E-state index in [2.05, 4.69) is 0 Å². The molecule has 1 rings (SSSR count). The number of rotatable bonds is 7. The number of likely N-dealkylation sites (tertiary alicyclic amines) is 1. The van der Waals surface area contributed by atoms with E-state index in [4.69, 9.17) is 14.6 Å². The number of nitrogens with zero attached hydrogens (tertiary/aromatic N) is 1. The molecule has 1 heterocycles. The van der Waals surface area contributed by atoms with Crippen LogP contribution in [0.25, 0.3) is 0 Å². The van der Waals surface area contributed by atoms with Crippen LogP contribution in [-0.4, -0.2) is 60.9 Å². The van der Waals surface area contributed by atoms with Gasteiger partial charge in [0.25, 0.3) is 5.91 Å². The average Bonchev–Trinajstić information content (AvgIpc) is 2.42. The van der Waals surface area contributed by atoms with Crippen LogP contribution in [0.2, 0.25) is 0 Å². The molecule has 0 spiro atoms. The lowest BCUT2D eigenvalue weighted by Gasteiger charge is -2.32. The summed E-state index contributed by atoms with van der Waals surface area (Å²) in [6.07, 6.45) is 0.820. The molecule has 0 radical (unpaired) electrons. The molecule has 6 heteroatoms. The van der Waals surface area contributed by atoms with Crippen LogP contribution in [0.3, 0.4) is 0 Å². The molecule has 1 N–H and O–H groups in total. The van der Waals surface area contributed by atoms with Crippen molar-refractivity contribution in [3.8, 4) is 0 Å². The molecule has 0 bridgehead atoms. The van der Waals surface area contributed by atoms with Crippen molar-refractivity contribution in [2.45, 2.75) is 32.8 Å². The molecule has 1 aliphatic heterocycles. The fourth-order valence-corrected chi connectivity index (χ4v) is 2.14. The van der Waals surface area contributed by atoms with Crippen LogP contribution in [0.15, 0.2) is 0 Å². The van der Waals surface area contributed by atoms with Gasteiger partial charge in [-0.05, 0) is 26.7 Å². The van der Waals surface area contributed by atoms with E-state index >= 15 is 0 Å². The van der Waals surface area contributed by atoms with Gasteiger partial charge in [-0.3, -0.25) is 9.59 Å². The maximum absolute atomic E-state index is 12.1. The fourth-order valence-electron chi connectivity index (χ4n) is 2.14. The van der Waals surface area contributed by atoms with E-state index in [9.17, 15) is 9.59 Å². The minimum Gasteiger partial charge on any atom is -0.481 e. The number of carbonyl (C=O) groups excluding carboxylic acids is 1. The largest absolute Gasteiger partial charge is 0.481 e. The Morgan fingerprint density at radius 3 is 2.79 bits per heavy atom. The summed E-state index contributed by atoms with van der Waals surface area (Å²) in [5.74, 6) is -1.42. The highest BCUT2D eigenvalue weighted by molar-refractivity contribution is 5.81. The van der Waals surface area contributed by atoms with Crippen molar-refractivity contribution in [1.82, 2.24) is 4.90 Å². The summed E-state index contributed by atoms with van der Waals surface area (Å²) in [5.41, 5.74) is 0. The number of piperidine rings is 1. The van der Waals surface area contributed by atoms with Crippen molar-refractivity contribution < 1.29 is 24.2 Å². The van der Waals surface area contributed by atoms with Gasteiger partial charge in [0.15, 0.2) is 0 Å². The van der Waals surface area contributed by atoms with Gasteiger partial charge in [-0.15, -0.1) is 0 Å². The van der Waals surface area contributed by atoms with E-state index in [1.807, 2.05) is 6.92 Å². The van der Waals surface area contributed by atoms with Crippen LogP contribution < -0.4 is 0 Å². The maximum Gasteiger partial charge on any atom is 0.308 e. The van der Waals surface area contributed by atoms with E-state index in [0.29, 0.717) is 32.8 Å². The second-order valence-electron chi connectivity index (χ2n) is 4.67. The van der Waals surface area contributed by atoms with Gasteiger partial charge in [-0.1, -0.05) is 0 Å². The highest BCUT2D eigenvalue weighted by Gasteiger charge is 2.30. The number of aliphatic carboxylic acids is 1. The first-order valence-corrected chi connectivity index (χ1v) is 6.77. The summed E-state index contributed by atoms with van der Waals surface area (Å²) in [6, 6.07) is 0. The lowest BCUT2D eigenvalue weighted by molar-refractivity contribution is -0.150. The first-order chi connectivity index (χ1) is 9.06. The zero-order valence-corrected chi connectivity index (χ0v) is 11.6. The molecule has 1 aliphatic rings. The molecule has 2 unspecified atom stereocenters. The van der Waals surface area contributed by atoms with Gasteiger partial charge >= 0.3 is 5.97 Å². The summed E-state index contributed by atoms with van der Waals surface area (Å²) in [4.78, 5) is 24.6. The van der Waals surface area contributed by atoms with Crippen LogP contribution in [0.1, 0.15) is 26.7 Å². The van der Waals surface area contributed by atoms with E-state index in [1.54, 1.807) is 11.8 Å². The Hall–Kier alpha value is -1.14. The summed E-state index contributed by atoms with van der Waals surface area (Å²) in [6.45, 7) is 5.95. The molecule has 19 heavy (non-hydrogen) atoms. The smallest absolute Gasteiger partial charge is 0.308 e. The van der Waals surface area contributed by atoms with Gasteiger partial charge in [-0.25, -0.2) is 0 Å². The molecule has 110 valence electrons. The summed E-state index contributed by atoms with van der Waals surface area (Å²) in [7, 11) is 0. The molecular formula is C13H23NO5. The Morgan fingerprint density at radius 2 is 2.16 bits per heavy atom. The van der Waals surface area contributed by atoms with Crippen molar-refractivity contribution in [2.24, 2.45) is 5.92 Å². The second kappa shape index (κ2) is 8.12. The first kappa shape index (κ1) is 15.9. The highest BCUT2D eigenvalue weighted by atomic mass is 16.5. The van der Waals surface area contributed by atoms with Crippen LogP contribution in [0.5, 0.6) is 0 Å². The molecule has 1 fully saturated rings. The SMILES string of the molecule is CCOCCOC(C)C(=O)N1CCCC(C(=O)O)C1. The zero-order chi connectivity index (χ0) is 14.3. The number of carboxylic acid groups (broad SMARTS) is 1. The van der Waals surface area contributed by atoms with E-state index < -0.39 is 18.0 Å². The van der Waals surface area contributed by atoms with E-state index in [-0.39, 0.29) is 12.5 Å². The summed E-state index contributed by atoms with van der Waals surface area (Å²) >= 11 is 0. The third kappa shape index (κ3) is 5.16. The molecule has 2 atom stereocenters. The standard InChI is InChI=1S/C13H23NO5/c1-3-18-7-8-19-10(2)12(15)14-6-4-5-11(9-14)13(16)17/h10-11H,3-9H2,1-2H3,(H,16,17). The van der Waals surface area contributed by atoms with Crippen molar-refractivity contribution in [3.05, 3.63) is 0 Å². The lowest BCUT2D eigenvalue weighted by atomic mass is 9.98. The number of amides is 1. The number of hydrogen-bond donors (Lipinski definition) is 1. The second-order valence-corrected chi connectivity index (χ2v) is 4.67. The topological polar surface area (TPSA) is 76.1 Å². The third-order valence-electron chi connectivity index (χ3n) is 3.23. The molecular weight excluding hydrogens is 250 g/mol. The van der Waals surface area contributed by atoms with Gasteiger partial charge in [0.2, 0.25) is 0 Å². The third-order valence-corrected chi connectivity index (χ3v) is 3.23. The number of hydrogen-bond acceptors (Lipinski definition) is 4. The van der Waals surface area contributed by atoms with Crippen molar-refractivity contribution in [2.75, 3.05) is 32.9 Å². The Morgan fingerprint density at radius 1 is 1.42 bits per heavy atom. The Kier molecular flexibility index (Phi) is 6.80. The van der Waals surface area contributed by atoms with Crippen molar-refractivity contribution >= 4 is 11.9 Å². The van der Waals surface area contributed by atoms with Gasteiger partial charge in [0.05, 0.1) is 19.1 Å². The van der Waals surface area contributed by atoms with Crippen molar-refractivity contribution in [1.29, 1.82) is 0 Å². The molecule has 0 saturated carbocycles. The molecule has 0 aliphatic carbocycles. The summed E-state index contributed by atoms with van der Waals surface area (Å²) < 4.78 is 10.5. The van der Waals surface area contributed by atoms with E-state index in [0.717, 1.165) is 6.42 Å². The number of ether oxygens (including phenoxy) is 2. The van der Waals surface area contributed by atoms with Crippen LogP contribution >= 0.6 is 0 Å². The van der Waals surface area contributed by atoms with Crippen molar-refractivity contribution in [3.63, 3.8) is 0 Å². The zero-order valence-electron chi connectivity index (χ0n) is 11.6. The van der Waals surface area contributed by atoms with Gasteiger partial charge in [0.1, 0.15) is 6.10 Å². The molecule has 0 aromatic heterocycles. The fraction of sp³-hybridized carbons (Fsp3) is 0.846. The van der Waals surface area contributed by atoms with Crippen LogP contribution in [0, 0.1) is 5.92 Å². The Labute approximate surface area is 113 Å². The van der Waals surface area contributed by atoms with E-state index in [1.165, 1.54) is 0 Å². The van der Waals surface area contributed by atoms with Gasteiger partial charge < -0.3 is 19.5 Å². The maximum atomic E-state index is 12.1. The Bertz CT molecular complexity index is 307. The predicted octanol–water partition coefficient (Wildman–Crippen LogP) is 0.751. The lowest BCUT2D eigenvalue weighted by Crippen LogP contribution is -2.46. The summed E-state index contributed by atoms with van der Waals surface area (Å²) in [5, 5.41) is 8.99. The normalized spacial score (nSPS) is 21.2. The molecule has 1 amide bonds. The molecule has 6 nitrogen and oxygen atoms in total.